The van der Waals surface area contributed by atoms with Crippen molar-refractivity contribution in [2.75, 3.05) is 11.9 Å². The molecule has 0 spiro atoms. The van der Waals surface area contributed by atoms with Crippen molar-refractivity contribution >= 4 is 34.5 Å². The smallest absolute Gasteiger partial charge is 0.283 e. The molecule has 0 aliphatic carbocycles. The zero-order valence-electron chi connectivity index (χ0n) is 13.7. The molecule has 1 aromatic carbocycles. The highest BCUT2D eigenvalue weighted by molar-refractivity contribution is 7.14. The number of carbonyl (C=O) groups is 2. The van der Waals surface area contributed by atoms with Crippen molar-refractivity contribution in [3.63, 3.8) is 0 Å². The van der Waals surface area contributed by atoms with E-state index in [2.05, 4.69) is 5.32 Å². The second-order valence-electron chi connectivity index (χ2n) is 5.88. The Bertz CT molecular complexity index is 846. The molecule has 2 amide bonds. The number of anilines is 1. The van der Waals surface area contributed by atoms with Crippen molar-refractivity contribution < 1.29 is 14.5 Å². The summed E-state index contributed by atoms with van der Waals surface area (Å²) in [5.74, 6) is -0.230. The molecule has 25 heavy (non-hydrogen) atoms. The van der Waals surface area contributed by atoms with Crippen molar-refractivity contribution in [3.8, 4) is 0 Å². The lowest BCUT2D eigenvalue weighted by Gasteiger charge is -2.16. The van der Waals surface area contributed by atoms with Gasteiger partial charge in [0, 0.05) is 31.3 Å². The Morgan fingerprint density at radius 1 is 1.40 bits per heavy atom. The van der Waals surface area contributed by atoms with Crippen LogP contribution < -0.4 is 5.32 Å². The minimum atomic E-state index is -0.490. The molecule has 0 unspecified atom stereocenters. The molecule has 0 bridgehead atoms. The maximum atomic E-state index is 12.3. The largest absolute Gasteiger partial charge is 0.338 e. The number of rotatable bonds is 5. The van der Waals surface area contributed by atoms with Gasteiger partial charge in [0.1, 0.15) is 0 Å². The van der Waals surface area contributed by atoms with Gasteiger partial charge < -0.3 is 10.2 Å². The third-order valence-electron chi connectivity index (χ3n) is 4.04. The zero-order chi connectivity index (χ0) is 18.0. The van der Waals surface area contributed by atoms with E-state index in [1.165, 1.54) is 6.07 Å². The van der Waals surface area contributed by atoms with Gasteiger partial charge in [0.15, 0.2) is 0 Å². The number of nitro groups is 1. The van der Waals surface area contributed by atoms with Crippen LogP contribution in [-0.2, 0) is 11.3 Å². The lowest BCUT2D eigenvalue weighted by Crippen LogP contribution is -2.23. The summed E-state index contributed by atoms with van der Waals surface area (Å²) in [5.41, 5.74) is 1.49. The van der Waals surface area contributed by atoms with Crippen LogP contribution >= 0.6 is 11.3 Å². The van der Waals surface area contributed by atoms with Crippen LogP contribution in [0.5, 0.6) is 0 Å². The molecule has 0 radical (unpaired) electrons. The van der Waals surface area contributed by atoms with Crippen LogP contribution in [0, 0.1) is 17.0 Å². The molecule has 2 heterocycles. The van der Waals surface area contributed by atoms with Gasteiger partial charge in [-0.3, -0.25) is 19.7 Å². The number of nitrogens with one attached hydrogen (secondary N) is 1. The van der Waals surface area contributed by atoms with Gasteiger partial charge in [-0.05, 0) is 31.0 Å². The number of benzene rings is 1. The summed E-state index contributed by atoms with van der Waals surface area (Å²) < 4.78 is 0. The summed E-state index contributed by atoms with van der Waals surface area (Å²) in [6.45, 7) is 2.90. The standard InChI is InChI=1S/C17H17N3O4S/c1-11-14(20(23)24)9-15(25-11)17(22)18-13-5-2-4-12(8-13)10-19-7-3-6-16(19)21/h2,4-5,8-9H,3,6-7,10H2,1H3,(H,18,22). The SMILES string of the molecule is Cc1sc(C(=O)Nc2cccc(CN3CCCC3=O)c2)cc1[N+](=O)[O-]. The summed E-state index contributed by atoms with van der Waals surface area (Å²) in [6.07, 6.45) is 1.47. The molecule has 7 nitrogen and oxygen atoms in total. The predicted octanol–water partition coefficient (Wildman–Crippen LogP) is 3.34. The molecule has 1 aliphatic heterocycles. The number of hydrogen-bond acceptors (Lipinski definition) is 5. The first-order chi connectivity index (χ1) is 11.9. The molecule has 2 aromatic rings. The third-order valence-corrected chi connectivity index (χ3v) is 5.08. The Labute approximate surface area is 148 Å². The minimum Gasteiger partial charge on any atom is -0.338 e. The van der Waals surface area contributed by atoms with Crippen molar-refractivity contribution in [3.05, 3.63) is 55.8 Å². The van der Waals surface area contributed by atoms with E-state index in [4.69, 9.17) is 0 Å². The molecule has 1 aromatic heterocycles. The lowest BCUT2D eigenvalue weighted by molar-refractivity contribution is -0.385. The van der Waals surface area contributed by atoms with Gasteiger partial charge in [-0.15, -0.1) is 11.3 Å². The van der Waals surface area contributed by atoms with E-state index in [1.807, 2.05) is 18.2 Å². The summed E-state index contributed by atoms with van der Waals surface area (Å²) in [5, 5.41) is 13.7. The van der Waals surface area contributed by atoms with Gasteiger partial charge in [-0.1, -0.05) is 12.1 Å². The normalized spacial score (nSPS) is 14.0. The average Bonchev–Trinajstić information content (AvgIpc) is 3.14. The van der Waals surface area contributed by atoms with Gasteiger partial charge >= 0.3 is 0 Å². The highest BCUT2D eigenvalue weighted by Gasteiger charge is 2.21. The maximum absolute atomic E-state index is 12.3. The van der Waals surface area contributed by atoms with Crippen LogP contribution in [0.25, 0.3) is 0 Å². The van der Waals surface area contributed by atoms with Crippen molar-refractivity contribution in [1.29, 1.82) is 0 Å². The number of carbonyl (C=O) groups excluding carboxylic acids is 2. The van der Waals surface area contributed by atoms with E-state index in [9.17, 15) is 19.7 Å². The first kappa shape index (κ1) is 17.1. The van der Waals surface area contributed by atoms with E-state index < -0.39 is 4.92 Å². The average molecular weight is 359 g/mol. The Balaban J connectivity index is 1.71. The van der Waals surface area contributed by atoms with Gasteiger partial charge in [0.25, 0.3) is 11.6 Å². The molecule has 0 atom stereocenters. The molecule has 1 N–H and O–H groups in total. The van der Waals surface area contributed by atoms with E-state index in [0.717, 1.165) is 29.9 Å². The number of aryl methyl sites for hydroxylation is 1. The molecule has 1 aliphatic rings. The molecular formula is C17H17N3O4S. The van der Waals surface area contributed by atoms with E-state index in [-0.39, 0.29) is 17.5 Å². The van der Waals surface area contributed by atoms with Crippen molar-refractivity contribution in [2.24, 2.45) is 0 Å². The summed E-state index contributed by atoms with van der Waals surface area (Å²) >= 11 is 1.09. The van der Waals surface area contributed by atoms with E-state index in [0.29, 0.717) is 28.4 Å². The van der Waals surface area contributed by atoms with Gasteiger partial charge in [-0.2, -0.15) is 0 Å². The monoisotopic (exact) mass is 359 g/mol. The fourth-order valence-corrected chi connectivity index (χ4v) is 3.68. The fourth-order valence-electron chi connectivity index (χ4n) is 2.80. The molecule has 130 valence electrons. The van der Waals surface area contributed by atoms with Crippen LogP contribution in [-0.4, -0.2) is 28.2 Å². The molecule has 1 fully saturated rings. The summed E-state index contributed by atoms with van der Waals surface area (Å²) in [6, 6.07) is 8.58. The second kappa shape index (κ2) is 7.02. The summed E-state index contributed by atoms with van der Waals surface area (Å²) in [4.78, 5) is 37.0. The van der Waals surface area contributed by atoms with Crippen molar-refractivity contribution in [2.45, 2.75) is 26.3 Å². The van der Waals surface area contributed by atoms with Crippen molar-refractivity contribution in [1.82, 2.24) is 4.90 Å². The number of amides is 2. The number of likely N-dealkylation sites (tertiary alicyclic amines) is 1. The van der Waals surface area contributed by atoms with Crippen LogP contribution in [0.1, 0.15) is 33.0 Å². The third kappa shape index (κ3) is 3.85. The van der Waals surface area contributed by atoms with E-state index >= 15 is 0 Å². The first-order valence-corrected chi connectivity index (χ1v) is 8.68. The molecule has 8 heteroatoms. The topological polar surface area (TPSA) is 92.6 Å². The Morgan fingerprint density at radius 2 is 2.20 bits per heavy atom. The van der Waals surface area contributed by atoms with Crippen LogP contribution in [0.3, 0.4) is 0 Å². The minimum absolute atomic E-state index is 0.0450. The van der Waals surface area contributed by atoms with Gasteiger partial charge in [-0.25, -0.2) is 0 Å². The number of thiophene rings is 1. The highest BCUT2D eigenvalue weighted by atomic mass is 32.1. The predicted molar refractivity (Wildman–Crippen MR) is 94.8 cm³/mol. The van der Waals surface area contributed by atoms with Gasteiger partial charge in [0.2, 0.25) is 5.91 Å². The maximum Gasteiger partial charge on any atom is 0.283 e. The van der Waals surface area contributed by atoms with Crippen LogP contribution in [0.15, 0.2) is 30.3 Å². The molecular weight excluding hydrogens is 342 g/mol. The Kier molecular flexibility index (Phi) is 4.80. The summed E-state index contributed by atoms with van der Waals surface area (Å²) in [7, 11) is 0. The number of nitrogens with zero attached hydrogens (tertiary/aromatic N) is 2. The molecule has 1 saturated heterocycles. The van der Waals surface area contributed by atoms with Crippen LogP contribution in [0.2, 0.25) is 0 Å². The van der Waals surface area contributed by atoms with Crippen LogP contribution in [0.4, 0.5) is 11.4 Å². The number of hydrogen-bond donors (Lipinski definition) is 1. The zero-order valence-corrected chi connectivity index (χ0v) is 14.5. The molecule has 0 saturated carbocycles. The second-order valence-corrected chi connectivity index (χ2v) is 7.14. The quantitative estimate of drug-likeness (QED) is 0.654. The highest BCUT2D eigenvalue weighted by Crippen LogP contribution is 2.28. The van der Waals surface area contributed by atoms with Gasteiger partial charge in [0.05, 0.1) is 14.7 Å². The van der Waals surface area contributed by atoms with E-state index in [1.54, 1.807) is 17.9 Å². The lowest BCUT2D eigenvalue weighted by atomic mass is 10.2. The molecule has 3 rings (SSSR count). The Morgan fingerprint density at radius 3 is 2.84 bits per heavy atom. The Hall–Kier alpha value is -2.74. The fraction of sp³-hybridized carbons (Fsp3) is 0.294. The first-order valence-electron chi connectivity index (χ1n) is 7.87.